The third-order valence-corrected chi connectivity index (χ3v) is 5.63. The lowest BCUT2D eigenvalue weighted by Crippen LogP contribution is -2.39. The molecule has 0 aliphatic rings. The fourth-order valence-corrected chi connectivity index (χ4v) is 3.44. The van der Waals surface area contributed by atoms with Crippen LogP contribution in [0.3, 0.4) is 0 Å². The van der Waals surface area contributed by atoms with Gasteiger partial charge in [-0.25, -0.2) is 8.42 Å². The van der Waals surface area contributed by atoms with Crippen LogP contribution in [-0.4, -0.2) is 32.2 Å². The molecule has 1 amide bonds. The Labute approximate surface area is 147 Å². The van der Waals surface area contributed by atoms with Crippen molar-refractivity contribution in [1.29, 1.82) is 0 Å². The van der Waals surface area contributed by atoms with Gasteiger partial charge in [0.1, 0.15) is 0 Å². The Balaban J connectivity index is 2.01. The second kappa shape index (κ2) is 7.79. The molecule has 2 rings (SSSR count). The lowest BCUT2D eigenvalue weighted by atomic mass is 10.1. The zero-order valence-electron chi connectivity index (χ0n) is 13.4. The molecule has 0 aliphatic carbocycles. The molecule has 128 valence electrons. The number of hydrogen-bond acceptors (Lipinski definition) is 3. The van der Waals surface area contributed by atoms with Crippen molar-refractivity contribution in [3.05, 3.63) is 65.2 Å². The number of carbonyl (C=O) groups excluding carboxylic acids is 1. The van der Waals surface area contributed by atoms with Crippen LogP contribution in [0.5, 0.6) is 0 Å². The monoisotopic (exact) mass is 366 g/mol. The number of nitrogens with one attached hydrogen (secondary N) is 1. The highest BCUT2D eigenvalue weighted by Crippen LogP contribution is 2.17. The number of hydrogen-bond donors (Lipinski definition) is 1. The molecule has 1 N–H and O–H groups in total. The van der Waals surface area contributed by atoms with Gasteiger partial charge in [-0.2, -0.15) is 4.31 Å². The van der Waals surface area contributed by atoms with E-state index in [1.54, 1.807) is 0 Å². The fraction of sp³-hybridized carbons (Fsp3) is 0.235. The molecule has 2 aromatic carbocycles. The molecule has 0 saturated carbocycles. The zero-order valence-corrected chi connectivity index (χ0v) is 15.0. The first kappa shape index (κ1) is 18.4. The molecule has 1 atom stereocenters. The molecule has 0 heterocycles. The van der Waals surface area contributed by atoms with Crippen molar-refractivity contribution in [2.75, 3.05) is 13.6 Å². The van der Waals surface area contributed by atoms with Gasteiger partial charge in [0, 0.05) is 12.1 Å². The number of amides is 1. The van der Waals surface area contributed by atoms with Crippen molar-refractivity contribution in [3.8, 4) is 0 Å². The highest BCUT2D eigenvalue weighted by molar-refractivity contribution is 7.89. The Kier molecular flexibility index (Phi) is 5.99. The van der Waals surface area contributed by atoms with Crippen molar-refractivity contribution in [3.63, 3.8) is 0 Å². The maximum Gasteiger partial charge on any atom is 0.243 e. The molecule has 0 unspecified atom stereocenters. The summed E-state index contributed by atoms with van der Waals surface area (Å²) in [6, 6.07) is 15.1. The van der Waals surface area contributed by atoms with Crippen molar-refractivity contribution < 1.29 is 13.2 Å². The van der Waals surface area contributed by atoms with Gasteiger partial charge in [-0.05, 0) is 36.8 Å². The van der Waals surface area contributed by atoms with Crippen LogP contribution in [0.2, 0.25) is 5.02 Å². The number of sulfonamides is 1. The number of halogens is 1. The topological polar surface area (TPSA) is 66.5 Å². The Hall–Kier alpha value is -1.89. The van der Waals surface area contributed by atoms with Crippen LogP contribution < -0.4 is 5.32 Å². The summed E-state index contributed by atoms with van der Waals surface area (Å²) >= 11 is 5.77. The fourth-order valence-electron chi connectivity index (χ4n) is 2.19. The molecule has 0 fully saturated rings. The molecule has 0 aromatic heterocycles. The number of nitrogens with zero attached hydrogens (tertiary/aromatic N) is 1. The first-order chi connectivity index (χ1) is 11.3. The molecule has 0 spiro atoms. The van der Waals surface area contributed by atoms with Crippen LogP contribution >= 0.6 is 11.6 Å². The van der Waals surface area contributed by atoms with Crippen molar-refractivity contribution in [2.45, 2.75) is 17.9 Å². The van der Waals surface area contributed by atoms with Gasteiger partial charge >= 0.3 is 0 Å². The zero-order chi connectivity index (χ0) is 17.7. The van der Waals surface area contributed by atoms with Crippen molar-refractivity contribution in [2.24, 2.45) is 0 Å². The average molecular weight is 367 g/mol. The van der Waals surface area contributed by atoms with Crippen LogP contribution in [-0.2, 0) is 14.8 Å². The quantitative estimate of drug-likeness (QED) is 0.854. The molecule has 5 nitrogen and oxygen atoms in total. The smallest absolute Gasteiger partial charge is 0.243 e. The summed E-state index contributed by atoms with van der Waals surface area (Å²) in [4.78, 5) is 12.2. The van der Waals surface area contributed by atoms with Gasteiger partial charge in [0.25, 0.3) is 0 Å². The molecular formula is C17H19ClN2O3S. The minimum Gasteiger partial charge on any atom is -0.348 e. The van der Waals surface area contributed by atoms with Crippen LogP contribution in [0, 0.1) is 0 Å². The predicted molar refractivity (Wildman–Crippen MR) is 94.3 cm³/mol. The number of carbonyl (C=O) groups is 1. The van der Waals surface area contributed by atoms with E-state index < -0.39 is 10.0 Å². The molecule has 0 radical (unpaired) electrons. The summed E-state index contributed by atoms with van der Waals surface area (Å²) in [6.07, 6.45) is 0. The highest BCUT2D eigenvalue weighted by Gasteiger charge is 2.23. The molecular weight excluding hydrogens is 348 g/mol. The third kappa shape index (κ3) is 4.56. The van der Waals surface area contributed by atoms with Crippen molar-refractivity contribution >= 4 is 27.5 Å². The van der Waals surface area contributed by atoms with E-state index >= 15 is 0 Å². The van der Waals surface area contributed by atoms with Gasteiger partial charge in [0.2, 0.25) is 15.9 Å². The maximum atomic E-state index is 12.4. The van der Waals surface area contributed by atoms with E-state index in [2.05, 4.69) is 5.32 Å². The molecule has 0 saturated heterocycles. The van der Waals surface area contributed by atoms with Crippen LogP contribution in [0.15, 0.2) is 59.5 Å². The second-order valence-corrected chi connectivity index (χ2v) is 7.90. The maximum absolute atomic E-state index is 12.4. The van der Waals surface area contributed by atoms with E-state index in [1.807, 2.05) is 37.3 Å². The van der Waals surface area contributed by atoms with Gasteiger partial charge in [-0.3, -0.25) is 4.79 Å². The summed E-state index contributed by atoms with van der Waals surface area (Å²) in [5.41, 5.74) is 0.953. The van der Waals surface area contributed by atoms with Crippen molar-refractivity contribution in [1.82, 2.24) is 9.62 Å². The number of rotatable bonds is 6. The van der Waals surface area contributed by atoms with E-state index in [9.17, 15) is 13.2 Å². The van der Waals surface area contributed by atoms with E-state index in [4.69, 9.17) is 11.6 Å². The Bertz CT molecular complexity index is 792. The Morgan fingerprint density at radius 3 is 2.29 bits per heavy atom. The summed E-state index contributed by atoms with van der Waals surface area (Å²) in [5.74, 6) is -0.369. The summed E-state index contributed by atoms with van der Waals surface area (Å²) < 4.78 is 25.9. The molecule has 7 heteroatoms. The minimum atomic E-state index is -3.74. The van der Waals surface area contributed by atoms with Gasteiger partial charge in [0.05, 0.1) is 17.5 Å². The standard InChI is InChI=1S/C17H19ClN2O3S/c1-13(14-6-4-3-5-7-14)19-17(21)12-20(2)24(22,23)16-10-8-15(18)9-11-16/h3-11,13H,12H2,1-2H3,(H,19,21)/t13-/m0/s1. The first-order valence-electron chi connectivity index (χ1n) is 7.37. The molecule has 0 bridgehead atoms. The predicted octanol–water partition coefficient (Wildman–Crippen LogP) is 2.84. The van der Waals surface area contributed by atoms with E-state index in [0.717, 1.165) is 9.87 Å². The van der Waals surface area contributed by atoms with Crippen LogP contribution in [0.25, 0.3) is 0 Å². The van der Waals surface area contributed by atoms with Gasteiger partial charge in [-0.15, -0.1) is 0 Å². The van der Waals surface area contributed by atoms with Crippen LogP contribution in [0.1, 0.15) is 18.5 Å². The highest BCUT2D eigenvalue weighted by atomic mass is 35.5. The number of benzene rings is 2. The first-order valence-corrected chi connectivity index (χ1v) is 9.18. The molecule has 2 aromatic rings. The van der Waals surface area contributed by atoms with E-state index in [1.165, 1.54) is 31.3 Å². The largest absolute Gasteiger partial charge is 0.348 e. The Morgan fingerprint density at radius 2 is 1.71 bits per heavy atom. The third-order valence-electron chi connectivity index (χ3n) is 3.57. The van der Waals surface area contributed by atoms with E-state index in [-0.39, 0.29) is 23.4 Å². The summed E-state index contributed by atoms with van der Waals surface area (Å²) in [7, 11) is -2.37. The Morgan fingerprint density at radius 1 is 1.12 bits per heavy atom. The van der Waals surface area contributed by atoms with Gasteiger partial charge in [0.15, 0.2) is 0 Å². The minimum absolute atomic E-state index is 0.0957. The van der Waals surface area contributed by atoms with Gasteiger partial charge < -0.3 is 5.32 Å². The molecule has 24 heavy (non-hydrogen) atoms. The second-order valence-electron chi connectivity index (χ2n) is 5.41. The number of likely N-dealkylation sites (N-methyl/N-ethyl adjacent to an activating group) is 1. The summed E-state index contributed by atoms with van der Waals surface area (Å²) in [6.45, 7) is 1.59. The van der Waals surface area contributed by atoms with E-state index in [0.29, 0.717) is 5.02 Å². The average Bonchev–Trinajstić information content (AvgIpc) is 2.55. The normalized spacial score (nSPS) is 12.8. The lowest BCUT2D eigenvalue weighted by Gasteiger charge is -2.19. The summed E-state index contributed by atoms with van der Waals surface area (Å²) in [5, 5.41) is 3.24. The van der Waals surface area contributed by atoms with Gasteiger partial charge in [-0.1, -0.05) is 41.9 Å². The molecule has 0 aliphatic heterocycles. The lowest BCUT2D eigenvalue weighted by molar-refractivity contribution is -0.121. The van der Waals surface area contributed by atoms with Crippen LogP contribution in [0.4, 0.5) is 0 Å². The SMILES string of the molecule is C[C@H](NC(=O)CN(C)S(=O)(=O)c1ccc(Cl)cc1)c1ccccc1.